The maximum absolute atomic E-state index is 13.4. The molecule has 1 aliphatic heterocycles. The minimum Gasteiger partial charge on any atom is -0.365 e. The zero-order valence-electron chi connectivity index (χ0n) is 16.0. The number of aromatic nitrogens is 4. The third-order valence-electron chi connectivity index (χ3n) is 5.13. The molecule has 0 bridgehead atoms. The van der Waals surface area contributed by atoms with Crippen LogP contribution in [0.25, 0.3) is 11.4 Å². The summed E-state index contributed by atoms with van der Waals surface area (Å²) in [7, 11) is 0. The number of amides is 1. The van der Waals surface area contributed by atoms with Crippen molar-refractivity contribution in [2.45, 2.75) is 31.8 Å². The summed E-state index contributed by atoms with van der Waals surface area (Å²) in [5, 5.41) is 4.02. The summed E-state index contributed by atoms with van der Waals surface area (Å²) < 4.78 is 0. The standard InChI is InChI=1S/C21H21ClN6O/c1-14-17(27-18-8-7-15(22)13-26-18)6-3-12-28(14)21(29)19-16(5-2-9-23-19)20-24-10-4-11-25-20/h2,4-5,7-11,13-14,17H,3,6,12H2,1H3,(H,26,27). The number of rotatable bonds is 4. The fourth-order valence-electron chi connectivity index (χ4n) is 3.60. The predicted molar refractivity (Wildman–Crippen MR) is 112 cm³/mol. The summed E-state index contributed by atoms with van der Waals surface area (Å²) >= 11 is 5.92. The molecule has 0 radical (unpaired) electrons. The number of anilines is 1. The number of carbonyl (C=O) groups excluding carboxylic acids is 1. The molecular formula is C21H21ClN6O. The molecule has 0 aliphatic carbocycles. The summed E-state index contributed by atoms with van der Waals surface area (Å²) in [5.74, 6) is 1.13. The van der Waals surface area contributed by atoms with E-state index in [2.05, 4.69) is 25.3 Å². The van der Waals surface area contributed by atoms with Crippen LogP contribution in [0.1, 0.15) is 30.3 Å². The van der Waals surface area contributed by atoms with Crippen LogP contribution in [0.5, 0.6) is 0 Å². The lowest BCUT2D eigenvalue weighted by Gasteiger charge is -2.40. The number of piperidine rings is 1. The molecule has 8 heteroatoms. The molecule has 1 amide bonds. The maximum Gasteiger partial charge on any atom is 0.273 e. The van der Waals surface area contributed by atoms with E-state index in [0.717, 1.165) is 18.7 Å². The summed E-state index contributed by atoms with van der Waals surface area (Å²) in [6, 6.07) is 9.07. The largest absolute Gasteiger partial charge is 0.365 e. The molecule has 1 aliphatic rings. The Labute approximate surface area is 174 Å². The summed E-state index contributed by atoms with van der Waals surface area (Å²) in [5.41, 5.74) is 1.01. The fraction of sp³-hybridized carbons (Fsp3) is 0.286. The third-order valence-corrected chi connectivity index (χ3v) is 5.35. The molecule has 1 N–H and O–H groups in total. The Balaban J connectivity index is 1.57. The molecule has 29 heavy (non-hydrogen) atoms. The maximum atomic E-state index is 13.4. The number of nitrogens with one attached hydrogen (secondary N) is 1. The van der Waals surface area contributed by atoms with Crippen molar-refractivity contribution in [3.8, 4) is 11.4 Å². The van der Waals surface area contributed by atoms with Gasteiger partial charge >= 0.3 is 0 Å². The second-order valence-corrected chi connectivity index (χ2v) is 7.40. The summed E-state index contributed by atoms with van der Waals surface area (Å²) in [6.07, 6.45) is 8.40. The zero-order valence-corrected chi connectivity index (χ0v) is 16.8. The first-order valence-electron chi connectivity index (χ1n) is 9.55. The van der Waals surface area contributed by atoms with Crippen molar-refractivity contribution in [3.05, 3.63) is 65.8 Å². The van der Waals surface area contributed by atoms with Gasteiger partial charge in [0.1, 0.15) is 11.5 Å². The first kappa shape index (κ1) is 19.3. The van der Waals surface area contributed by atoms with E-state index in [4.69, 9.17) is 11.6 Å². The lowest BCUT2D eigenvalue weighted by Crippen LogP contribution is -2.52. The highest BCUT2D eigenvalue weighted by molar-refractivity contribution is 6.30. The Morgan fingerprint density at radius 2 is 1.90 bits per heavy atom. The van der Waals surface area contributed by atoms with Crippen molar-refractivity contribution in [2.75, 3.05) is 11.9 Å². The Morgan fingerprint density at radius 1 is 1.10 bits per heavy atom. The van der Waals surface area contributed by atoms with Gasteiger partial charge in [-0.05, 0) is 50.1 Å². The van der Waals surface area contributed by atoms with Crippen LogP contribution < -0.4 is 5.32 Å². The highest BCUT2D eigenvalue weighted by Crippen LogP contribution is 2.25. The number of pyridine rings is 2. The minimum atomic E-state index is -0.115. The van der Waals surface area contributed by atoms with Crippen LogP contribution in [0.2, 0.25) is 5.02 Å². The average Bonchev–Trinajstić information content (AvgIpc) is 2.77. The number of hydrogen-bond donors (Lipinski definition) is 1. The van der Waals surface area contributed by atoms with Crippen LogP contribution in [0.15, 0.2) is 55.1 Å². The van der Waals surface area contributed by atoms with Gasteiger partial charge in [-0.25, -0.2) is 15.0 Å². The molecule has 7 nitrogen and oxygen atoms in total. The van der Waals surface area contributed by atoms with Gasteiger partial charge in [-0.15, -0.1) is 0 Å². The number of likely N-dealkylation sites (tertiary alicyclic amines) is 1. The van der Waals surface area contributed by atoms with Gasteiger partial charge in [-0.1, -0.05) is 11.6 Å². The first-order chi connectivity index (χ1) is 14.1. The Bertz CT molecular complexity index is 982. The van der Waals surface area contributed by atoms with Gasteiger partial charge in [-0.2, -0.15) is 0 Å². The Hall–Kier alpha value is -3.06. The molecule has 0 spiro atoms. The Morgan fingerprint density at radius 3 is 2.66 bits per heavy atom. The van der Waals surface area contributed by atoms with E-state index in [-0.39, 0.29) is 18.0 Å². The van der Waals surface area contributed by atoms with Crippen LogP contribution >= 0.6 is 11.6 Å². The monoisotopic (exact) mass is 408 g/mol. The van der Waals surface area contributed by atoms with E-state index in [1.807, 2.05) is 24.0 Å². The van der Waals surface area contributed by atoms with E-state index in [1.54, 1.807) is 43.0 Å². The normalized spacial score (nSPS) is 19.0. The average molecular weight is 409 g/mol. The van der Waals surface area contributed by atoms with Crippen molar-refractivity contribution in [2.24, 2.45) is 0 Å². The van der Waals surface area contributed by atoms with Crippen molar-refractivity contribution < 1.29 is 4.79 Å². The van der Waals surface area contributed by atoms with Crippen LogP contribution in [0, 0.1) is 0 Å². The molecule has 4 heterocycles. The van der Waals surface area contributed by atoms with E-state index in [0.29, 0.717) is 28.6 Å². The third kappa shape index (κ3) is 4.19. The molecule has 3 aromatic rings. The number of hydrogen-bond acceptors (Lipinski definition) is 6. The smallest absolute Gasteiger partial charge is 0.273 e. The van der Waals surface area contributed by atoms with Gasteiger partial charge < -0.3 is 10.2 Å². The second kappa shape index (κ2) is 8.53. The highest BCUT2D eigenvalue weighted by Gasteiger charge is 2.33. The molecule has 0 aromatic carbocycles. The van der Waals surface area contributed by atoms with E-state index in [1.165, 1.54) is 0 Å². The van der Waals surface area contributed by atoms with Gasteiger partial charge in [0.2, 0.25) is 0 Å². The van der Waals surface area contributed by atoms with E-state index in [9.17, 15) is 4.79 Å². The van der Waals surface area contributed by atoms with E-state index >= 15 is 0 Å². The molecule has 3 aromatic heterocycles. The van der Waals surface area contributed by atoms with E-state index < -0.39 is 0 Å². The van der Waals surface area contributed by atoms with Gasteiger partial charge in [0, 0.05) is 43.4 Å². The molecule has 4 rings (SSSR count). The predicted octanol–water partition coefficient (Wildman–Crippen LogP) is 3.69. The van der Waals surface area contributed by atoms with Crippen molar-refractivity contribution in [1.82, 2.24) is 24.8 Å². The number of nitrogens with zero attached hydrogens (tertiary/aromatic N) is 5. The molecule has 0 saturated carbocycles. The zero-order chi connectivity index (χ0) is 20.2. The minimum absolute atomic E-state index is 0.0275. The Kier molecular flexibility index (Phi) is 5.67. The highest BCUT2D eigenvalue weighted by atomic mass is 35.5. The molecule has 1 saturated heterocycles. The molecule has 148 valence electrons. The van der Waals surface area contributed by atoms with Crippen LogP contribution in [0.3, 0.4) is 0 Å². The topological polar surface area (TPSA) is 83.9 Å². The quantitative estimate of drug-likeness (QED) is 0.708. The lowest BCUT2D eigenvalue weighted by atomic mass is 9.96. The van der Waals surface area contributed by atoms with Gasteiger partial charge in [0.05, 0.1) is 10.6 Å². The van der Waals surface area contributed by atoms with Crippen molar-refractivity contribution in [3.63, 3.8) is 0 Å². The van der Waals surface area contributed by atoms with Crippen LogP contribution in [-0.2, 0) is 0 Å². The van der Waals surface area contributed by atoms with Gasteiger partial charge in [0.25, 0.3) is 5.91 Å². The molecule has 2 atom stereocenters. The van der Waals surface area contributed by atoms with Crippen molar-refractivity contribution in [1.29, 1.82) is 0 Å². The molecular weight excluding hydrogens is 388 g/mol. The second-order valence-electron chi connectivity index (χ2n) is 6.97. The van der Waals surface area contributed by atoms with Gasteiger partial charge in [0.15, 0.2) is 5.82 Å². The first-order valence-corrected chi connectivity index (χ1v) is 9.93. The van der Waals surface area contributed by atoms with Gasteiger partial charge in [-0.3, -0.25) is 9.78 Å². The van der Waals surface area contributed by atoms with Crippen LogP contribution in [0.4, 0.5) is 5.82 Å². The molecule has 1 fully saturated rings. The SMILES string of the molecule is CC1C(Nc2ccc(Cl)cn2)CCCN1C(=O)c1ncccc1-c1ncccn1. The summed E-state index contributed by atoms with van der Waals surface area (Å²) in [6.45, 7) is 2.73. The fourth-order valence-corrected chi connectivity index (χ4v) is 3.72. The number of carbonyl (C=O) groups is 1. The number of halogens is 1. The summed E-state index contributed by atoms with van der Waals surface area (Å²) in [4.78, 5) is 32.5. The van der Waals surface area contributed by atoms with Crippen molar-refractivity contribution >= 4 is 23.3 Å². The van der Waals surface area contributed by atoms with Crippen LogP contribution in [-0.4, -0.2) is 49.4 Å². The lowest BCUT2D eigenvalue weighted by molar-refractivity contribution is 0.0611. The molecule has 2 unspecified atom stereocenters.